The molecule has 0 fully saturated rings. The summed E-state index contributed by atoms with van der Waals surface area (Å²) in [7, 11) is 1.13. The van der Waals surface area contributed by atoms with Gasteiger partial charge in [0.2, 0.25) is 0 Å². The average molecular weight is 659 g/mol. The number of hydrogen-bond donors (Lipinski definition) is 2. The molecule has 3 rings (SSSR count). The Hall–Kier alpha value is -4.01. The van der Waals surface area contributed by atoms with E-state index in [1.165, 1.54) is 25.1 Å². The largest absolute Gasteiger partial charge is 0.494 e. The molecule has 0 aliphatic heterocycles. The van der Waals surface area contributed by atoms with Gasteiger partial charge in [0.15, 0.2) is 5.75 Å². The lowest BCUT2D eigenvalue weighted by Crippen LogP contribution is -2.59. The number of carbonyl (C=O) groups is 2. The molecule has 0 aliphatic rings. The van der Waals surface area contributed by atoms with Crippen molar-refractivity contribution in [2.45, 2.75) is 44.2 Å². The lowest BCUT2D eigenvalue weighted by molar-refractivity contribution is -0.389. The minimum Gasteiger partial charge on any atom is -0.494 e. The summed E-state index contributed by atoms with van der Waals surface area (Å²) in [5, 5.41) is 4.54. The molecule has 0 saturated carbocycles. The fraction of sp³-hybridized carbons (Fsp3) is 0.286. The third-order valence-electron chi connectivity index (χ3n) is 6.50. The van der Waals surface area contributed by atoms with Crippen molar-refractivity contribution in [1.82, 2.24) is 0 Å². The van der Waals surface area contributed by atoms with E-state index in [4.69, 9.17) is 16.3 Å². The first-order valence-electron chi connectivity index (χ1n) is 12.3. The van der Waals surface area contributed by atoms with Crippen molar-refractivity contribution in [3.05, 3.63) is 87.2 Å². The number of benzene rings is 3. The summed E-state index contributed by atoms with van der Waals surface area (Å²) in [6, 6.07) is 7.12. The highest BCUT2D eigenvalue weighted by Gasteiger charge is 2.81. The van der Waals surface area contributed by atoms with E-state index in [1.807, 2.05) is 0 Å². The highest BCUT2D eigenvalue weighted by Crippen LogP contribution is 2.58. The molecule has 0 aliphatic carbocycles. The normalized spacial score (nSPS) is 13.7. The second kappa shape index (κ2) is 12.2. The van der Waals surface area contributed by atoms with Crippen LogP contribution >= 0.6 is 11.6 Å². The molecule has 3 aromatic rings. The number of anilines is 2. The quantitative estimate of drug-likeness (QED) is 0.238. The minimum atomic E-state index is -6.90. The van der Waals surface area contributed by atoms with E-state index in [2.05, 4.69) is 10.6 Å². The molecule has 3 aromatic carbocycles. The van der Waals surface area contributed by atoms with E-state index < -0.39 is 58.3 Å². The Morgan fingerprint density at radius 3 is 1.98 bits per heavy atom. The summed E-state index contributed by atoms with van der Waals surface area (Å²) < 4.78 is 142. The van der Waals surface area contributed by atoms with E-state index in [1.54, 1.807) is 0 Å². The van der Waals surface area contributed by atoms with Crippen molar-refractivity contribution < 1.29 is 58.2 Å². The molecule has 0 radical (unpaired) electrons. The van der Waals surface area contributed by atoms with Crippen LogP contribution in [0.15, 0.2) is 48.5 Å². The molecule has 1 unspecified atom stereocenters. The molecule has 0 saturated heterocycles. The monoisotopic (exact) mass is 658 g/mol. The molecule has 0 spiro atoms. The Labute approximate surface area is 248 Å². The summed E-state index contributed by atoms with van der Waals surface area (Å²) in [5.74, 6) is -9.63. The van der Waals surface area contributed by atoms with Gasteiger partial charge in [0.25, 0.3) is 11.8 Å². The van der Waals surface area contributed by atoms with Crippen molar-refractivity contribution in [2.24, 2.45) is 0 Å². The Bertz CT molecular complexity index is 1590. The van der Waals surface area contributed by atoms with E-state index in [9.17, 15) is 49.1 Å². The predicted octanol–water partition coefficient (Wildman–Crippen LogP) is 8.79. The SMILES string of the molecule is CCc1cc(C(F)(C(F)(F)F)C(F)(F)C(F)(F)F)cc(C)c1NC(=O)c1cccc(NC(=O)c2ccc(F)cc2Cl)c1OC. The van der Waals surface area contributed by atoms with E-state index in [0.29, 0.717) is 0 Å². The third-order valence-corrected chi connectivity index (χ3v) is 6.81. The van der Waals surface area contributed by atoms with Gasteiger partial charge in [-0.1, -0.05) is 30.7 Å². The van der Waals surface area contributed by atoms with Crippen LogP contribution in [0, 0.1) is 12.7 Å². The van der Waals surface area contributed by atoms with Crippen LogP contribution in [0.5, 0.6) is 5.75 Å². The number of rotatable bonds is 8. The summed E-state index contributed by atoms with van der Waals surface area (Å²) in [4.78, 5) is 26.0. The number of ether oxygens (including phenoxy) is 1. The molecule has 0 aromatic heterocycles. The molecule has 0 heterocycles. The summed E-state index contributed by atoms with van der Waals surface area (Å²) >= 11 is 5.91. The molecular formula is C28H21ClF10N2O3. The molecule has 2 N–H and O–H groups in total. The molecule has 2 amide bonds. The van der Waals surface area contributed by atoms with Gasteiger partial charge in [-0.3, -0.25) is 9.59 Å². The molecule has 238 valence electrons. The van der Waals surface area contributed by atoms with Crippen molar-refractivity contribution in [3.8, 4) is 5.75 Å². The zero-order valence-corrected chi connectivity index (χ0v) is 23.5. The summed E-state index contributed by atoms with van der Waals surface area (Å²) in [6.45, 7) is 2.25. The predicted molar refractivity (Wildman–Crippen MR) is 141 cm³/mol. The maximum Gasteiger partial charge on any atom is 0.457 e. The van der Waals surface area contributed by atoms with Crippen LogP contribution in [0.2, 0.25) is 5.02 Å². The number of para-hydroxylation sites is 1. The highest BCUT2D eigenvalue weighted by atomic mass is 35.5. The molecule has 0 bridgehead atoms. The second-order valence-electron chi connectivity index (χ2n) is 9.33. The number of carbonyl (C=O) groups excluding carboxylic acids is 2. The second-order valence-corrected chi connectivity index (χ2v) is 9.74. The van der Waals surface area contributed by atoms with Crippen LogP contribution in [0.3, 0.4) is 0 Å². The lowest BCUT2D eigenvalue weighted by Gasteiger charge is -2.36. The fourth-order valence-electron chi connectivity index (χ4n) is 4.31. The first-order chi connectivity index (χ1) is 20.2. The van der Waals surface area contributed by atoms with Crippen molar-refractivity contribution in [2.75, 3.05) is 17.7 Å². The third kappa shape index (κ3) is 6.14. The average Bonchev–Trinajstić information content (AvgIpc) is 2.91. The van der Waals surface area contributed by atoms with Crippen LogP contribution in [0.4, 0.5) is 55.3 Å². The number of hydrogen-bond acceptors (Lipinski definition) is 3. The van der Waals surface area contributed by atoms with Crippen LogP contribution in [-0.2, 0) is 12.1 Å². The summed E-state index contributed by atoms with van der Waals surface area (Å²) in [6.07, 6.45) is -13.9. The first kappa shape index (κ1) is 34.5. The zero-order valence-electron chi connectivity index (χ0n) is 22.7. The van der Waals surface area contributed by atoms with Gasteiger partial charge in [-0.15, -0.1) is 0 Å². The number of aryl methyl sites for hydroxylation is 2. The van der Waals surface area contributed by atoms with Gasteiger partial charge in [0.1, 0.15) is 5.82 Å². The summed E-state index contributed by atoms with van der Waals surface area (Å²) in [5.41, 5.74) is -9.80. The fourth-order valence-corrected chi connectivity index (χ4v) is 4.57. The number of amides is 2. The van der Waals surface area contributed by atoms with Crippen molar-refractivity contribution in [1.29, 1.82) is 0 Å². The molecule has 44 heavy (non-hydrogen) atoms. The molecule has 16 heteroatoms. The van der Waals surface area contributed by atoms with Gasteiger partial charge in [-0.05, 0) is 60.9 Å². The van der Waals surface area contributed by atoms with Crippen LogP contribution in [0.25, 0.3) is 0 Å². The van der Waals surface area contributed by atoms with Crippen molar-refractivity contribution >= 4 is 34.8 Å². The van der Waals surface area contributed by atoms with E-state index in [-0.39, 0.29) is 51.8 Å². The first-order valence-corrected chi connectivity index (χ1v) is 12.7. The van der Waals surface area contributed by atoms with Crippen LogP contribution in [0.1, 0.15) is 44.3 Å². The van der Waals surface area contributed by atoms with Gasteiger partial charge in [0, 0.05) is 11.3 Å². The minimum absolute atomic E-state index is 0.0740. The Kier molecular flexibility index (Phi) is 9.54. The maximum absolute atomic E-state index is 15.1. The highest BCUT2D eigenvalue weighted by molar-refractivity contribution is 6.34. The lowest BCUT2D eigenvalue weighted by atomic mass is 9.85. The molecule has 1 atom stereocenters. The smallest absolute Gasteiger partial charge is 0.457 e. The Morgan fingerprint density at radius 2 is 1.45 bits per heavy atom. The van der Waals surface area contributed by atoms with Crippen LogP contribution < -0.4 is 15.4 Å². The van der Waals surface area contributed by atoms with Gasteiger partial charge >= 0.3 is 23.9 Å². The van der Waals surface area contributed by atoms with Gasteiger partial charge in [-0.2, -0.15) is 35.1 Å². The van der Waals surface area contributed by atoms with Gasteiger partial charge in [-0.25, -0.2) is 8.78 Å². The maximum atomic E-state index is 15.1. The topological polar surface area (TPSA) is 67.4 Å². The Balaban J connectivity index is 2.04. The van der Waals surface area contributed by atoms with E-state index >= 15 is 4.39 Å². The van der Waals surface area contributed by atoms with E-state index in [0.717, 1.165) is 32.2 Å². The number of methoxy groups -OCH3 is 1. The molecule has 5 nitrogen and oxygen atoms in total. The van der Waals surface area contributed by atoms with Crippen molar-refractivity contribution in [3.63, 3.8) is 0 Å². The number of nitrogens with one attached hydrogen (secondary N) is 2. The standard InChI is InChI=1S/C28H21ClF10N2O3/c1-4-14-11-15(25(31,27(34,35)36)26(32,33)28(37,38)39)10-13(2)21(14)41-24(43)18-6-5-7-20(22(18)44-3)40-23(42)17-9-8-16(30)12-19(17)29/h5-12H,4H2,1-3H3,(H,40,42)(H,41,43). The van der Waals surface area contributed by atoms with Crippen LogP contribution in [-0.4, -0.2) is 37.2 Å². The van der Waals surface area contributed by atoms with Gasteiger partial charge in [0.05, 0.1) is 28.9 Å². The molecular weight excluding hydrogens is 638 g/mol. The number of alkyl halides is 9. The number of halogens is 11. The Morgan fingerprint density at radius 1 is 0.841 bits per heavy atom. The van der Waals surface area contributed by atoms with Gasteiger partial charge < -0.3 is 15.4 Å². The zero-order chi connectivity index (χ0) is 33.4.